The van der Waals surface area contributed by atoms with Crippen LogP contribution in [0, 0.1) is 0 Å². The molecule has 0 spiro atoms. The standard InChI is InChI=1S/C22H28O4/c1-3-4-16-25-21-13-11-19(12-14-21)18-7-9-20(10-8-18)22(23)26-17-6-5-15-24-2/h7-14H,3-6,15-17H2,1-2H3. The summed E-state index contributed by atoms with van der Waals surface area (Å²) >= 11 is 0. The van der Waals surface area contributed by atoms with E-state index in [0.717, 1.165) is 49.2 Å². The maximum Gasteiger partial charge on any atom is 0.338 e. The lowest BCUT2D eigenvalue weighted by Gasteiger charge is -2.08. The smallest absolute Gasteiger partial charge is 0.338 e. The Morgan fingerprint density at radius 3 is 2.04 bits per heavy atom. The molecule has 2 aromatic carbocycles. The number of benzene rings is 2. The molecule has 4 heteroatoms. The molecule has 2 rings (SSSR count). The predicted octanol–water partition coefficient (Wildman–Crippen LogP) is 5.12. The second-order valence-electron chi connectivity index (χ2n) is 6.14. The Morgan fingerprint density at radius 1 is 0.808 bits per heavy atom. The number of methoxy groups -OCH3 is 1. The van der Waals surface area contributed by atoms with Crippen molar-refractivity contribution in [3.63, 3.8) is 0 Å². The van der Waals surface area contributed by atoms with Crippen molar-refractivity contribution in [2.45, 2.75) is 32.6 Å². The summed E-state index contributed by atoms with van der Waals surface area (Å²) in [4.78, 5) is 12.0. The first-order valence-corrected chi connectivity index (χ1v) is 9.24. The lowest BCUT2D eigenvalue weighted by molar-refractivity contribution is 0.0489. The third-order valence-electron chi connectivity index (χ3n) is 4.05. The van der Waals surface area contributed by atoms with Crippen LogP contribution in [0.3, 0.4) is 0 Å². The fraction of sp³-hybridized carbons (Fsp3) is 0.409. The van der Waals surface area contributed by atoms with Crippen molar-refractivity contribution in [3.05, 3.63) is 54.1 Å². The zero-order valence-corrected chi connectivity index (χ0v) is 15.7. The van der Waals surface area contributed by atoms with E-state index in [1.807, 2.05) is 36.4 Å². The highest BCUT2D eigenvalue weighted by Gasteiger charge is 2.07. The lowest BCUT2D eigenvalue weighted by Crippen LogP contribution is -2.07. The Morgan fingerprint density at radius 2 is 1.42 bits per heavy atom. The molecule has 0 aliphatic rings. The molecule has 0 atom stereocenters. The van der Waals surface area contributed by atoms with E-state index in [2.05, 4.69) is 6.92 Å². The zero-order chi connectivity index (χ0) is 18.6. The van der Waals surface area contributed by atoms with E-state index >= 15 is 0 Å². The van der Waals surface area contributed by atoms with Gasteiger partial charge in [-0.1, -0.05) is 37.6 Å². The molecule has 140 valence electrons. The minimum Gasteiger partial charge on any atom is -0.494 e. The Kier molecular flexibility index (Phi) is 8.70. The van der Waals surface area contributed by atoms with Crippen LogP contribution in [0.5, 0.6) is 5.75 Å². The molecule has 0 aromatic heterocycles. The van der Waals surface area contributed by atoms with Gasteiger partial charge in [0.1, 0.15) is 5.75 Å². The van der Waals surface area contributed by atoms with Gasteiger partial charge in [0.25, 0.3) is 0 Å². The fourth-order valence-electron chi connectivity index (χ4n) is 2.47. The van der Waals surface area contributed by atoms with E-state index in [1.165, 1.54) is 0 Å². The molecule has 4 nitrogen and oxygen atoms in total. The number of esters is 1. The molecule has 0 bridgehead atoms. The van der Waals surface area contributed by atoms with Crippen LogP contribution in [0.15, 0.2) is 48.5 Å². The van der Waals surface area contributed by atoms with E-state index in [1.54, 1.807) is 19.2 Å². The third-order valence-corrected chi connectivity index (χ3v) is 4.05. The molecule has 0 unspecified atom stereocenters. The minimum atomic E-state index is -0.284. The van der Waals surface area contributed by atoms with Gasteiger partial charge in [-0.2, -0.15) is 0 Å². The number of carbonyl (C=O) groups excluding carboxylic acids is 1. The van der Waals surface area contributed by atoms with Crippen molar-refractivity contribution in [2.75, 3.05) is 26.9 Å². The molecule has 0 heterocycles. The maximum atomic E-state index is 12.0. The van der Waals surface area contributed by atoms with Crippen LogP contribution in [0.4, 0.5) is 0 Å². The van der Waals surface area contributed by atoms with Crippen LogP contribution in [-0.4, -0.2) is 32.9 Å². The van der Waals surface area contributed by atoms with Crippen molar-refractivity contribution >= 4 is 5.97 Å². The Bertz CT molecular complexity index is 647. The maximum absolute atomic E-state index is 12.0. The van der Waals surface area contributed by atoms with Crippen LogP contribution in [-0.2, 0) is 9.47 Å². The summed E-state index contributed by atoms with van der Waals surface area (Å²) < 4.78 is 15.9. The molecule has 0 fully saturated rings. The highest BCUT2D eigenvalue weighted by atomic mass is 16.5. The van der Waals surface area contributed by atoms with Crippen molar-refractivity contribution in [1.82, 2.24) is 0 Å². The van der Waals surface area contributed by atoms with Gasteiger partial charge in [-0.25, -0.2) is 4.79 Å². The quantitative estimate of drug-likeness (QED) is 0.414. The summed E-state index contributed by atoms with van der Waals surface area (Å²) in [5, 5.41) is 0. The van der Waals surface area contributed by atoms with E-state index < -0.39 is 0 Å². The highest BCUT2D eigenvalue weighted by Crippen LogP contribution is 2.23. The lowest BCUT2D eigenvalue weighted by atomic mass is 10.0. The normalized spacial score (nSPS) is 10.5. The van der Waals surface area contributed by atoms with Gasteiger partial charge in [-0.05, 0) is 54.7 Å². The fourth-order valence-corrected chi connectivity index (χ4v) is 2.47. The SMILES string of the molecule is CCCCOc1ccc(-c2ccc(C(=O)OCCCCOC)cc2)cc1. The third kappa shape index (κ3) is 6.52. The monoisotopic (exact) mass is 356 g/mol. The van der Waals surface area contributed by atoms with Gasteiger partial charge in [0.15, 0.2) is 0 Å². The first kappa shape index (κ1) is 20.0. The topological polar surface area (TPSA) is 44.8 Å². The van der Waals surface area contributed by atoms with E-state index in [9.17, 15) is 4.79 Å². The van der Waals surface area contributed by atoms with Crippen molar-refractivity contribution in [1.29, 1.82) is 0 Å². The van der Waals surface area contributed by atoms with Gasteiger partial charge < -0.3 is 14.2 Å². The van der Waals surface area contributed by atoms with Crippen LogP contribution in [0.25, 0.3) is 11.1 Å². The van der Waals surface area contributed by atoms with Crippen LogP contribution in [0.2, 0.25) is 0 Å². The van der Waals surface area contributed by atoms with Crippen LogP contribution in [0.1, 0.15) is 43.0 Å². The predicted molar refractivity (Wildman–Crippen MR) is 104 cm³/mol. The summed E-state index contributed by atoms with van der Waals surface area (Å²) in [6.07, 6.45) is 3.89. The highest BCUT2D eigenvalue weighted by molar-refractivity contribution is 5.90. The van der Waals surface area contributed by atoms with Gasteiger partial charge in [0.2, 0.25) is 0 Å². The zero-order valence-electron chi connectivity index (χ0n) is 15.7. The first-order valence-electron chi connectivity index (χ1n) is 9.24. The molecular formula is C22H28O4. The Hall–Kier alpha value is -2.33. The average molecular weight is 356 g/mol. The average Bonchev–Trinajstić information content (AvgIpc) is 2.68. The molecule has 0 aliphatic carbocycles. The van der Waals surface area contributed by atoms with E-state index in [4.69, 9.17) is 14.2 Å². The van der Waals surface area contributed by atoms with E-state index in [0.29, 0.717) is 18.8 Å². The summed E-state index contributed by atoms with van der Waals surface area (Å²) in [5.74, 6) is 0.601. The Labute approximate surface area is 156 Å². The first-order chi connectivity index (χ1) is 12.7. The molecular weight excluding hydrogens is 328 g/mol. The summed E-state index contributed by atoms with van der Waals surface area (Å²) in [6.45, 7) is 4.00. The molecule has 26 heavy (non-hydrogen) atoms. The van der Waals surface area contributed by atoms with Gasteiger partial charge in [-0.15, -0.1) is 0 Å². The number of hydrogen-bond donors (Lipinski definition) is 0. The number of ether oxygens (including phenoxy) is 3. The molecule has 0 N–H and O–H groups in total. The summed E-state index contributed by atoms with van der Waals surface area (Å²) in [6, 6.07) is 15.5. The van der Waals surface area contributed by atoms with Crippen molar-refractivity contribution < 1.29 is 19.0 Å². The Balaban J connectivity index is 1.87. The van der Waals surface area contributed by atoms with Crippen LogP contribution >= 0.6 is 0 Å². The molecule has 2 aromatic rings. The van der Waals surface area contributed by atoms with E-state index in [-0.39, 0.29) is 5.97 Å². The van der Waals surface area contributed by atoms with Gasteiger partial charge in [0, 0.05) is 13.7 Å². The largest absolute Gasteiger partial charge is 0.494 e. The molecule has 0 amide bonds. The summed E-state index contributed by atoms with van der Waals surface area (Å²) in [7, 11) is 1.67. The number of hydrogen-bond acceptors (Lipinski definition) is 4. The molecule has 0 radical (unpaired) electrons. The molecule has 0 saturated heterocycles. The second kappa shape index (κ2) is 11.3. The van der Waals surface area contributed by atoms with Gasteiger partial charge in [0.05, 0.1) is 18.8 Å². The molecule has 0 saturated carbocycles. The molecule has 0 aliphatic heterocycles. The number of unbranched alkanes of at least 4 members (excludes halogenated alkanes) is 2. The van der Waals surface area contributed by atoms with Gasteiger partial charge >= 0.3 is 5.97 Å². The van der Waals surface area contributed by atoms with Crippen LogP contribution < -0.4 is 4.74 Å². The van der Waals surface area contributed by atoms with Crippen molar-refractivity contribution in [3.8, 4) is 16.9 Å². The summed E-state index contributed by atoms with van der Waals surface area (Å²) in [5.41, 5.74) is 2.72. The second-order valence-corrected chi connectivity index (χ2v) is 6.14. The number of carbonyl (C=O) groups is 1. The van der Waals surface area contributed by atoms with Crippen molar-refractivity contribution in [2.24, 2.45) is 0 Å². The van der Waals surface area contributed by atoms with Gasteiger partial charge in [-0.3, -0.25) is 0 Å². The number of rotatable bonds is 11. The minimum absolute atomic E-state index is 0.284.